The van der Waals surface area contributed by atoms with E-state index in [1.165, 1.54) is 7.11 Å². The number of methoxy groups -OCH3 is 1. The first-order chi connectivity index (χ1) is 9.72. The van der Waals surface area contributed by atoms with Crippen molar-refractivity contribution in [2.24, 2.45) is 0 Å². The van der Waals surface area contributed by atoms with Gasteiger partial charge in [-0.2, -0.15) is 0 Å². The van der Waals surface area contributed by atoms with Crippen molar-refractivity contribution in [3.05, 3.63) is 65.2 Å². The van der Waals surface area contributed by atoms with Crippen LogP contribution >= 0.6 is 0 Å². The average molecular weight is 272 g/mol. The predicted molar refractivity (Wildman–Crippen MR) is 74.5 cm³/mol. The van der Waals surface area contributed by atoms with E-state index in [0.717, 1.165) is 11.1 Å². The molecule has 4 heteroatoms. The number of aliphatic hydroxyl groups excluding tert-OH is 1. The molecule has 0 saturated heterocycles. The minimum Gasteiger partial charge on any atom is -0.489 e. The Bertz CT molecular complexity index is 575. The molecule has 0 unspecified atom stereocenters. The van der Waals surface area contributed by atoms with Crippen molar-refractivity contribution in [2.45, 2.75) is 13.2 Å². The molecule has 0 radical (unpaired) electrons. The van der Waals surface area contributed by atoms with Gasteiger partial charge in [0.05, 0.1) is 19.3 Å². The van der Waals surface area contributed by atoms with Crippen LogP contribution in [0.1, 0.15) is 21.5 Å². The molecule has 0 heterocycles. The summed E-state index contributed by atoms with van der Waals surface area (Å²) in [6.45, 7) is 0.380. The Morgan fingerprint density at radius 1 is 1.10 bits per heavy atom. The average Bonchev–Trinajstić information content (AvgIpc) is 2.53. The molecule has 0 bridgehead atoms. The molecule has 1 N–H and O–H groups in total. The number of carbonyl (C=O) groups is 1. The van der Waals surface area contributed by atoms with Gasteiger partial charge in [0.2, 0.25) is 0 Å². The third-order valence-electron chi connectivity index (χ3n) is 2.86. The van der Waals surface area contributed by atoms with Crippen LogP contribution in [0.3, 0.4) is 0 Å². The molecule has 0 amide bonds. The van der Waals surface area contributed by atoms with Crippen LogP contribution in [0, 0.1) is 0 Å². The molecule has 2 aromatic carbocycles. The van der Waals surface area contributed by atoms with Crippen molar-refractivity contribution in [2.75, 3.05) is 7.11 Å². The van der Waals surface area contributed by atoms with Crippen molar-refractivity contribution in [3.8, 4) is 5.75 Å². The second kappa shape index (κ2) is 6.73. The molecular formula is C16H16O4. The fraction of sp³-hybridized carbons (Fsp3) is 0.188. The van der Waals surface area contributed by atoms with Crippen LogP contribution in [-0.2, 0) is 18.0 Å². The van der Waals surface area contributed by atoms with E-state index in [4.69, 9.17) is 9.84 Å². The smallest absolute Gasteiger partial charge is 0.337 e. The number of hydrogen-bond acceptors (Lipinski definition) is 4. The summed E-state index contributed by atoms with van der Waals surface area (Å²) < 4.78 is 10.3. The number of esters is 1. The van der Waals surface area contributed by atoms with E-state index in [0.29, 0.717) is 17.9 Å². The second-order valence-electron chi connectivity index (χ2n) is 4.28. The van der Waals surface area contributed by atoms with E-state index in [1.54, 1.807) is 42.5 Å². The Morgan fingerprint density at radius 2 is 1.85 bits per heavy atom. The number of aliphatic hydroxyl groups is 1. The van der Waals surface area contributed by atoms with Crippen molar-refractivity contribution >= 4 is 5.97 Å². The molecule has 4 nitrogen and oxygen atoms in total. The molecule has 2 rings (SSSR count). The number of rotatable bonds is 5. The largest absolute Gasteiger partial charge is 0.489 e. The molecule has 2 aromatic rings. The first-order valence-corrected chi connectivity index (χ1v) is 6.23. The van der Waals surface area contributed by atoms with Crippen LogP contribution in [0.15, 0.2) is 48.5 Å². The standard InChI is InChI=1S/C16H16O4/c1-19-16(18)14-4-2-3-13(9-14)11-20-15-7-5-12(10-17)6-8-15/h2-9,17H,10-11H2,1H3. The molecule has 0 aliphatic carbocycles. The minimum absolute atomic E-state index is 0.0153. The molecular weight excluding hydrogens is 256 g/mol. The van der Waals surface area contributed by atoms with E-state index in [1.807, 2.05) is 6.07 Å². The number of carbonyl (C=O) groups excluding carboxylic acids is 1. The van der Waals surface area contributed by atoms with Gasteiger partial charge < -0.3 is 14.6 Å². The quantitative estimate of drug-likeness (QED) is 0.850. The van der Waals surface area contributed by atoms with Gasteiger partial charge in [0, 0.05) is 0 Å². The molecule has 0 aliphatic rings. The zero-order valence-electron chi connectivity index (χ0n) is 11.2. The van der Waals surface area contributed by atoms with E-state index >= 15 is 0 Å². The highest BCUT2D eigenvalue weighted by Crippen LogP contribution is 2.15. The Hall–Kier alpha value is -2.33. The Kier molecular flexibility index (Phi) is 4.74. The van der Waals surface area contributed by atoms with Gasteiger partial charge in [-0.05, 0) is 35.4 Å². The van der Waals surface area contributed by atoms with E-state index < -0.39 is 0 Å². The summed E-state index contributed by atoms with van der Waals surface area (Å²) in [5, 5.41) is 8.96. The highest BCUT2D eigenvalue weighted by Gasteiger charge is 2.05. The topological polar surface area (TPSA) is 55.8 Å². The molecule has 0 aromatic heterocycles. The zero-order chi connectivity index (χ0) is 14.4. The monoisotopic (exact) mass is 272 g/mol. The number of benzene rings is 2. The number of hydrogen-bond donors (Lipinski definition) is 1. The van der Waals surface area contributed by atoms with Crippen molar-refractivity contribution in [3.63, 3.8) is 0 Å². The van der Waals surface area contributed by atoms with Crippen molar-refractivity contribution < 1.29 is 19.4 Å². The maximum atomic E-state index is 11.4. The number of ether oxygens (including phenoxy) is 2. The molecule has 104 valence electrons. The van der Waals surface area contributed by atoms with Crippen LogP contribution in [0.25, 0.3) is 0 Å². The SMILES string of the molecule is COC(=O)c1cccc(COc2ccc(CO)cc2)c1. The first kappa shape index (κ1) is 14.1. The van der Waals surface area contributed by atoms with Gasteiger partial charge in [-0.1, -0.05) is 24.3 Å². The van der Waals surface area contributed by atoms with Gasteiger partial charge in [0.1, 0.15) is 12.4 Å². The van der Waals surface area contributed by atoms with Crippen LogP contribution in [-0.4, -0.2) is 18.2 Å². The van der Waals surface area contributed by atoms with Crippen LogP contribution in [0.4, 0.5) is 0 Å². The summed E-state index contributed by atoms with van der Waals surface area (Å²) in [7, 11) is 1.36. The summed E-state index contributed by atoms with van der Waals surface area (Å²) in [6, 6.07) is 14.3. The van der Waals surface area contributed by atoms with Gasteiger partial charge in [-0.25, -0.2) is 4.79 Å². The summed E-state index contributed by atoms with van der Waals surface area (Å²) in [5.41, 5.74) is 2.23. The second-order valence-corrected chi connectivity index (χ2v) is 4.28. The summed E-state index contributed by atoms with van der Waals surface area (Å²) >= 11 is 0. The minimum atomic E-state index is -0.362. The maximum Gasteiger partial charge on any atom is 0.337 e. The fourth-order valence-corrected chi connectivity index (χ4v) is 1.76. The van der Waals surface area contributed by atoms with Crippen LogP contribution in [0.5, 0.6) is 5.75 Å². The lowest BCUT2D eigenvalue weighted by Gasteiger charge is -2.08. The van der Waals surface area contributed by atoms with Gasteiger partial charge in [-0.3, -0.25) is 0 Å². The molecule has 0 saturated carbocycles. The fourth-order valence-electron chi connectivity index (χ4n) is 1.76. The third kappa shape index (κ3) is 3.59. The lowest BCUT2D eigenvalue weighted by Crippen LogP contribution is -2.03. The Morgan fingerprint density at radius 3 is 2.50 bits per heavy atom. The highest BCUT2D eigenvalue weighted by atomic mass is 16.5. The summed E-state index contributed by atoms with van der Waals surface area (Å²) in [4.78, 5) is 11.4. The van der Waals surface area contributed by atoms with Crippen molar-refractivity contribution in [1.82, 2.24) is 0 Å². The van der Waals surface area contributed by atoms with Gasteiger partial charge in [0.15, 0.2) is 0 Å². The molecule has 0 atom stereocenters. The van der Waals surface area contributed by atoms with Crippen molar-refractivity contribution in [1.29, 1.82) is 0 Å². The Balaban J connectivity index is 2.01. The normalized spacial score (nSPS) is 10.1. The zero-order valence-corrected chi connectivity index (χ0v) is 11.2. The van der Waals surface area contributed by atoms with Crippen LogP contribution < -0.4 is 4.74 Å². The third-order valence-corrected chi connectivity index (χ3v) is 2.86. The lowest BCUT2D eigenvalue weighted by molar-refractivity contribution is 0.0600. The van der Waals surface area contributed by atoms with Gasteiger partial charge >= 0.3 is 5.97 Å². The molecule has 0 aliphatic heterocycles. The first-order valence-electron chi connectivity index (χ1n) is 6.23. The van der Waals surface area contributed by atoms with Gasteiger partial charge in [0.25, 0.3) is 0 Å². The molecule has 0 spiro atoms. The maximum absolute atomic E-state index is 11.4. The van der Waals surface area contributed by atoms with Gasteiger partial charge in [-0.15, -0.1) is 0 Å². The predicted octanol–water partition coefficient (Wildman–Crippen LogP) is 2.54. The summed E-state index contributed by atoms with van der Waals surface area (Å²) in [5.74, 6) is 0.352. The lowest BCUT2D eigenvalue weighted by atomic mass is 10.1. The molecule has 20 heavy (non-hydrogen) atoms. The van der Waals surface area contributed by atoms with E-state index in [-0.39, 0.29) is 12.6 Å². The Labute approximate surface area is 117 Å². The highest BCUT2D eigenvalue weighted by molar-refractivity contribution is 5.89. The summed E-state index contributed by atoms with van der Waals surface area (Å²) in [6.07, 6.45) is 0. The van der Waals surface area contributed by atoms with E-state index in [2.05, 4.69) is 4.74 Å². The van der Waals surface area contributed by atoms with Crippen LogP contribution in [0.2, 0.25) is 0 Å². The molecule has 0 fully saturated rings. The van der Waals surface area contributed by atoms with E-state index in [9.17, 15) is 4.79 Å².